The fourth-order valence-corrected chi connectivity index (χ4v) is 2.30. The van der Waals surface area contributed by atoms with E-state index >= 15 is 0 Å². The van der Waals surface area contributed by atoms with Gasteiger partial charge in [-0.3, -0.25) is 4.79 Å². The zero-order valence-electron chi connectivity index (χ0n) is 11.8. The standard InChI is InChI=1S/C15H20N2O3/c1-11-3-5-12(6-4-11)9-16-14(20)17-8-7-15(2,10-17)13(18)19/h3-6H,7-10H2,1-2H3,(H,16,20)(H,18,19). The lowest BCUT2D eigenvalue weighted by Crippen LogP contribution is -2.40. The van der Waals surface area contributed by atoms with E-state index in [1.807, 2.05) is 31.2 Å². The molecule has 1 saturated heterocycles. The number of carbonyl (C=O) groups excluding carboxylic acids is 1. The van der Waals surface area contributed by atoms with Gasteiger partial charge in [0.1, 0.15) is 0 Å². The van der Waals surface area contributed by atoms with E-state index in [-0.39, 0.29) is 12.6 Å². The number of nitrogens with one attached hydrogen (secondary N) is 1. The Morgan fingerprint density at radius 1 is 1.35 bits per heavy atom. The summed E-state index contributed by atoms with van der Waals surface area (Å²) in [5.41, 5.74) is 1.39. The van der Waals surface area contributed by atoms with Crippen molar-refractivity contribution in [2.45, 2.75) is 26.8 Å². The summed E-state index contributed by atoms with van der Waals surface area (Å²) < 4.78 is 0. The van der Waals surface area contributed by atoms with Gasteiger partial charge in [-0.25, -0.2) is 4.79 Å². The SMILES string of the molecule is Cc1ccc(CNC(=O)N2CCC(C)(C(=O)O)C2)cc1. The van der Waals surface area contributed by atoms with E-state index < -0.39 is 11.4 Å². The molecule has 2 N–H and O–H groups in total. The Morgan fingerprint density at radius 3 is 2.55 bits per heavy atom. The van der Waals surface area contributed by atoms with Crippen molar-refractivity contribution in [3.63, 3.8) is 0 Å². The summed E-state index contributed by atoms with van der Waals surface area (Å²) in [6, 6.07) is 7.75. The summed E-state index contributed by atoms with van der Waals surface area (Å²) >= 11 is 0. The lowest BCUT2D eigenvalue weighted by molar-refractivity contribution is -0.146. The van der Waals surface area contributed by atoms with Crippen LogP contribution in [0.4, 0.5) is 4.79 Å². The number of hydrogen-bond acceptors (Lipinski definition) is 2. The number of rotatable bonds is 3. The second-order valence-corrected chi connectivity index (χ2v) is 5.68. The number of aliphatic carboxylic acids is 1. The van der Waals surface area contributed by atoms with Gasteiger partial charge in [0.05, 0.1) is 5.41 Å². The maximum Gasteiger partial charge on any atom is 0.317 e. The summed E-state index contributed by atoms with van der Waals surface area (Å²) in [6.07, 6.45) is 0.500. The molecule has 1 fully saturated rings. The van der Waals surface area contributed by atoms with Crippen LogP contribution in [-0.4, -0.2) is 35.1 Å². The number of hydrogen-bond donors (Lipinski definition) is 2. The van der Waals surface area contributed by atoms with Gasteiger partial charge in [-0.15, -0.1) is 0 Å². The Morgan fingerprint density at radius 2 is 2.00 bits per heavy atom. The molecule has 1 aliphatic rings. The second-order valence-electron chi connectivity index (χ2n) is 5.68. The first-order chi connectivity index (χ1) is 9.40. The molecule has 0 spiro atoms. The van der Waals surface area contributed by atoms with Crippen molar-refractivity contribution in [2.75, 3.05) is 13.1 Å². The first-order valence-corrected chi connectivity index (χ1v) is 6.72. The molecule has 108 valence electrons. The molecule has 1 aromatic carbocycles. The van der Waals surface area contributed by atoms with Crippen molar-refractivity contribution in [2.24, 2.45) is 5.41 Å². The molecule has 0 bridgehead atoms. The zero-order chi connectivity index (χ0) is 14.8. The Labute approximate surface area is 118 Å². The third-order valence-corrected chi connectivity index (χ3v) is 3.84. The Bertz CT molecular complexity index is 512. The molecule has 1 heterocycles. The molecule has 2 rings (SSSR count). The molecule has 1 unspecified atom stereocenters. The smallest absolute Gasteiger partial charge is 0.317 e. The topological polar surface area (TPSA) is 69.6 Å². The summed E-state index contributed by atoms with van der Waals surface area (Å²) in [7, 11) is 0. The molecule has 1 atom stereocenters. The van der Waals surface area contributed by atoms with Gasteiger partial charge in [-0.1, -0.05) is 29.8 Å². The van der Waals surface area contributed by atoms with Crippen LogP contribution in [0.5, 0.6) is 0 Å². The molecule has 2 amide bonds. The number of carbonyl (C=O) groups is 2. The van der Waals surface area contributed by atoms with E-state index in [0.29, 0.717) is 19.5 Å². The van der Waals surface area contributed by atoms with Crippen molar-refractivity contribution in [1.29, 1.82) is 0 Å². The minimum atomic E-state index is -0.841. The lowest BCUT2D eigenvalue weighted by Gasteiger charge is -2.20. The number of benzene rings is 1. The van der Waals surface area contributed by atoms with Crippen molar-refractivity contribution in [3.05, 3.63) is 35.4 Å². The van der Waals surface area contributed by atoms with Gasteiger partial charge >= 0.3 is 12.0 Å². The van der Waals surface area contributed by atoms with Gasteiger partial charge in [0.15, 0.2) is 0 Å². The molecular weight excluding hydrogens is 256 g/mol. The summed E-state index contributed by atoms with van der Waals surface area (Å²) in [4.78, 5) is 24.7. The van der Waals surface area contributed by atoms with Gasteiger partial charge in [0, 0.05) is 19.6 Å². The van der Waals surface area contributed by atoms with Crippen LogP contribution in [0.2, 0.25) is 0 Å². The van der Waals surface area contributed by atoms with Crippen molar-refractivity contribution < 1.29 is 14.7 Å². The van der Waals surface area contributed by atoms with E-state index in [1.54, 1.807) is 11.8 Å². The molecule has 5 heteroatoms. The summed E-state index contributed by atoms with van der Waals surface area (Å²) in [5.74, 6) is -0.841. The molecule has 1 aromatic rings. The number of nitrogens with zero attached hydrogens (tertiary/aromatic N) is 1. The maximum absolute atomic E-state index is 12.0. The van der Waals surface area contributed by atoms with Crippen LogP contribution in [0.15, 0.2) is 24.3 Å². The van der Waals surface area contributed by atoms with Crippen LogP contribution in [0, 0.1) is 12.3 Å². The molecule has 0 saturated carbocycles. The fraction of sp³-hybridized carbons (Fsp3) is 0.467. The number of amides is 2. The van der Waals surface area contributed by atoms with Crippen LogP contribution in [-0.2, 0) is 11.3 Å². The maximum atomic E-state index is 12.0. The molecular formula is C15H20N2O3. The monoisotopic (exact) mass is 276 g/mol. The molecule has 1 aliphatic heterocycles. The normalized spacial score (nSPS) is 21.8. The van der Waals surface area contributed by atoms with Gasteiger partial charge in [0.25, 0.3) is 0 Å². The predicted octanol–water partition coefficient (Wildman–Crippen LogP) is 2.00. The van der Waals surface area contributed by atoms with E-state index in [9.17, 15) is 9.59 Å². The highest BCUT2D eigenvalue weighted by Crippen LogP contribution is 2.29. The minimum absolute atomic E-state index is 0.199. The van der Waals surface area contributed by atoms with Crippen LogP contribution in [0.25, 0.3) is 0 Å². The van der Waals surface area contributed by atoms with E-state index in [4.69, 9.17) is 5.11 Å². The first-order valence-electron chi connectivity index (χ1n) is 6.72. The third-order valence-electron chi connectivity index (χ3n) is 3.84. The highest BCUT2D eigenvalue weighted by atomic mass is 16.4. The predicted molar refractivity (Wildman–Crippen MR) is 75.3 cm³/mol. The number of urea groups is 1. The van der Waals surface area contributed by atoms with E-state index in [2.05, 4.69) is 5.32 Å². The van der Waals surface area contributed by atoms with Gasteiger partial charge in [-0.05, 0) is 25.8 Å². The van der Waals surface area contributed by atoms with Gasteiger partial charge < -0.3 is 15.3 Å². The summed E-state index contributed by atoms with van der Waals surface area (Å²) in [6.45, 7) is 4.91. The van der Waals surface area contributed by atoms with Crippen LogP contribution in [0.3, 0.4) is 0 Å². The van der Waals surface area contributed by atoms with Crippen molar-refractivity contribution in [3.8, 4) is 0 Å². The van der Waals surface area contributed by atoms with Gasteiger partial charge in [0.2, 0.25) is 0 Å². The summed E-state index contributed by atoms with van der Waals surface area (Å²) in [5, 5.41) is 12.0. The Hall–Kier alpha value is -2.04. The third kappa shape index (κ3) is 3.10. The van der Waals surface area contributed by atoms with Crippen LogP contribution < -0.4 is 5.32 Å². The number of likely N-dealkylation sites (tertiary alicyclic amines) is 1. The minimum Gasteiger partial charge on any atom is -0.481 e. The highest BCUT2D eigenvalue weighted by molar-refractivity contribution is 5.79. The Balaban J connectivity index is 1.87. The number of aryl methyl sites for hydroxylation is 1. The molecule has 5 nitrogen and oxygen atoms in total. The Kier molecular flexibility index (Phi) is 3.97. The van der Waals surface area contributed by atoms with Crippen molar-refractivity contribution >= 4 is 12.0 Å². The van der Waals surface area contributed by atoms with Crippen LogP contribution >= 0.6 is 0 Å². The second kappa shape index (κ2) is 5.53. The highest BCUT2D eigenvalue weighted by Gasteiger charge is 2.42. The molecule has 0 aliphatic carbocycles. The van der Waals surface area contributed by atoms with E-state index in [1.165, 1.54) is 5.56 Å². The van der Waals surface area contributed by atoms with Gasteiger partial charge in [-0.2, -0.15) is 0 Å². The van der Waals surface area contributed by atoms with Crippen molar-refractivity contribution in [1.82, 2.24) is 10.2 Å². The molecule has 20 heavy (non-hydrogen) atoms. The molecule has 0 aromatic heterocycles. The first kappa shape index (κ1) is 14.4. The lowest BCUT2D eigenvalue weighted by atomic mass is 9.90. The number of carboxylic acid groups (broad SMARTS) is 1. The zero-order valence-corrected chi connectivity index (χ0v) is 11.8. The van der Waals surface area contributed by atoms with E-state index in [0.717, 1.165) is 5.56 Å². The average molecular weight is 276 g/mol. The average Bonchev–Trinajstić information content (AvgIpc) is 2.82. The van der Waals surface area contributed by atoms with Crippen LogP contribution in [0.1, 0.15) is 24.5 Å². The quantitative estimate of drug-likeness (QED) is 0.887. The number of carboxylic acids is 1. The molecule has 0 radical (unpaired) electrons. The fourth-order valence-electron chi connectivity index (χ4n) is 2.30. The largest absolute Gasteiger partial charge is 0.481 e.